The van der Waals surface area contributed by atoms with Gasteiger partial charge in [0.05, 0.1) is 19.3 Å². The van der Waals surface area contributed by atoms with Gasteiger partial charge in [-0.1, -0.05) is 42.5 Å². The molecule has 1 aliphatic heterocycles. The lowest BCUT2D eigenvalue weighted by atomic mass is 10.1. The fourth-order valence-electron chi connectivity index (χ4n) is 3.06. The van der Waals surface area contributed by atoms with Crippen molar-refractivity contribution in [2.75, 3.05) is 19.7 Å². The molecule has 1 aliphatic rings. The highest BCUT2D eigenvalue weighted by Gasteiger charge is 2.28. The lowest BCUT2D eigenvalue weighted by Gasteiger charge is -2.34. The summed E-state index contributed by atoms with van der Waals surface area (Å²) in [7, 11) is 0. The third-order valence-corrected chi connectivity index (χ3v) is 4.43. The van der Waals surface area contributed by atoms with Crippen molar-refractivity contribution in [2.45, 2.75) is 45.5 Å². The van der Waals surface area contributed by atoms with E-state index in [1.165, 1.54) is 0 Å². The molecule has 28 heavy (non-hydrogen) atoms. The van der Waals surface area contributed by atoms with E-state index >= 15 is 0 Å². The maximum Gasteiger partial charge on any atom is 0.410 e. The number of nitrogens with zero attached hydrogens (tertiary/aromatic N) is 1. The van der Waals surface area contributed by atoms with E-state index in [-0.39, 0.29) is 12.2 Å². The van der Waals surface area contributed by atoms with Gasteiger partial charge in [0.15, 0.2) is 0 Å². The number of hydrogen-bond donors (Lipinski definition) is 0. The minimum Gasteiger partial charge on any atom is -0.489 e. The van der Waals surface area contributed by atoms with E-state index < -0.39 is 5.60 Å². The van der Waals surface area contributed by atoms with Gasteiger partial charge in [-0.2, -0.15) is 0 Å². The molecule has 2 aromatic rings. The molecule has 1 amide bonds. The topological polar surface area (TPSA) is 48.0 Å². The number of hydrogen-bond acceptors (Lipinski definition) is 4. The van der Waals surface area contributed by atoms with Crippen LogP contribution in [-0.2, 0) is 22.5 Å². The van der Waals surface area contributed by atoms with Crippen LogP contribution in [0.2, 0.25) is 0 Å². The van der Waals surface area contributed by atoms with Crippen LogP contribution in [0.3, 0.4) is 0 Å². The first kappa shape index (κ1) is 20.2. The number of benzene rings is 2. The normalized spacial score (nSPS) is 17.2. The average Bonchev–Trinajstić information content (AvgIpc) is 2.67. The standard InChI is InChI=1S/C23H29NO4/c1-23(2,3)28-22(25)24-13-14-26-21(16-24)15-18-9-11-20(12-10-18)27-17-19-7-5-4-6-8-19/h4-12,21H,13-17H2,1-3H3/t21-/m1/s1. The van der Waals surface area contributed by atoms with Crippen LogP contribution in [0, 0.1) is 0 Å². The summed E-state index contributed by atoms with van der Waals surface area (Å²) in [6.45, 7) is 7.83. The summed E-state index contributed by atoms with van der Waals surface area (Å²) < 4.78 is 17.1. The van der Waals surface area contributed by atoms with Gasteiger partial charge in [-0.05, 0) is 44.0 Å². The van der Waals surface area contributed by atoms with Crippen LogP contribution in [0.5, 0.6) is 5.75 Å². The second-order valence-corrected chi connectivity index (χ2v) is 8.04. The summed E-state index contributed by atoms with van der Waals surface area (Å²) >= 11 is 0. The Hall–Kier alpha value is -2.53. The number of morpholine rings is 1. The Kier molecular flexibility index (Phi) is 6.57. The van der Waals surface area contributed by atoms with Crippen LogP contribution < -0.4 is 4.74 Å². The molecule has 1 fully saturated rings. The summed E-state index contributed by atoms with van der Waals surface area (Å²) in [5.41, 5.74) is 1.81. The van der Waals surface area contributed by atoms with Gasteiger partial charge in [0.1, 0.15) is 18.0 Å². The smallest absolute Gasteiger partial charge is 0.410 e. The zero-order valence-corrected chi connectivity index (χ0v) is 16.9. The first-order valence-electron chi connectivity index (χ1n) is 9.74. The van der Waals surface area contributed by atoms with Crippen molar-refractivity contribution in [3.8, 4) is 5.75 Å². The van der Waals surface area contributed by atoms with Crippen LogP contribution in [-0.4, -0.2) is 42.4 Å². The van der Waals surface area contributed by atoms with Gasteiger partial charge >= 0.3 is 6.09 Å². The van der Waals surface area contributed by atoms with Gasteiger partial charge in [-0.15, -0.1) is 0 Å². The van der Waals surface area contributed by atoms with Crippen molar-refractivity contribution in [3.63, 3.8) is 0 Å². The highest BCUT2D eigenvalue weighted by atomic mass is 16.6. The predicted octanol–water partition coefficient (Wildman–Crippen LogP) is 4.44. The van der Waals surface area contributed by atoms with E-state index in [1.807, 2.05) is 63.2 Å². The molecule has 1 heterocycles. The van der Waals surface area contributed by atoms with Crippen molar-refractivity contribution in [1.29, 1.82) is 0 Å². The number of carbonyl (C=O) groups excluding carboxylic acids is 1. The summed E-state index contributed by atoms with van der Waals surface area (Å²) in [4.78, 5) is 14.0. The monoisotopic (exact) mass is 383 g/mol. The van der Waals surface area contributed by atoms with E-state index in [9.17, 15) is 4.79 Å². The molecule has 5 nitrogen and oxygen atoms in total. The third kappa shape index (κ3) is 6.27. The van der Waals surface area contributed by atoms with Crippen molar-refractivity contribution in [2.24, 2.45) is 0 Å². The quantitative estimate of drug-likeness (QED) is 0.766. The van der Waals surface area contributed by atoms with Crippen LogP contribution in [0.15, 0.2) is 54.6 Å². The molecule has 0 bridgehead atoms. The Bertz CT molecular complexity index is 752. The van der Waals surface area contributed by atoms with Gasteiger partial charge in [0.25, 0.3) is 0 Å². The highest BCUT2D eigenvalue weighted by molar-refractivity contribution is 5.68. The summed E-state index contributed by atoms with van der Waals surface area (Å²) in [6, 6.07) is 18.2. The fourth-order valence-corrected chi connectivity index (χ4v) is 3.06. The van der Waals surface area contributed by atoms with Crippen LogP contribution in [0.4, 0.5) is 4.79 Å². The van der Waals surface area contributed by atoms with Gasteiger partial charge in [-0.25, -0.2) is 4.79 Å². The molecule has 0 unspecified atom stereocenters. The van der Waals surface area contributed by atoms with Crippen molar-refractivity contribution < 1.29 is 19.0 Å². The second-order valence-electron chi connectivity index (χ2n) is 8.04. The zero-order chi connectivity index (χ0) is 20.0. The van der Waals surface area contributed by atoms with E-state index in [2.05, 4.69) is 12.1 Å². The summed E-state index contributed by atoms with van der Waals surface area (Å²) in [6.07, 6.45) is 0.445. The maximum absolute atomic E-state index is 12.3. The largest absolute Gasteiger partial charge is 0.489 e. The van der Waals surface area contributed by atoms with E-state index in [1.54, 1.807) is 4.90 Å². The molecular formula is C23H29NO4. The van der Waals surface area contributed by atoms with Gasteiger partial charge in [0, 0.05) is 13.0 Å². The predicted molar refractivity (Wildman–Crippen MR) is 108 cm³/mol. The van der Waals surface area contributed by atoms with E-state index in [4.69, 9.17) is 14.2 Å². The molecule has 2 aromatic carbocycles. The molecule has 150 valence electrons. The van der Waals surface area contributed by atoms with Crippen LogP contribution >= 0.6 is 0 Å². The Labute approximate surface area is 167 Å². The average molecular weight is 383 g/mol. The molecular weight excluding hydrogens is 354 g/mol. The van der Waals surface area contributed by atoms with Gasteiger partial charge < -0.3 is 19.1 Å². The fraction of sp³-hybridized carbons (Fsp3) is 0.435. The maximum atomic E-state index is 12.3. The summed E-state index contributed by atoms with van der Waals surface area (Å²) in [5.74, 6) is 0.840. The molecule has 0 N–H and O–H groups in total. The third-order valence-electron chi connectivity index (χ3n) is 4.43. The van der Waals surface area contributed by atoms with E-state index in [0.717, 1.165) is 23.3 Å². The molecule has 1 saturated heterocycles. The van der Waals surface area contributed by atoms with Crippen LogP contribution in [0.1, 0.15) is 31.9 Å². The molecule has 0 aromatic heterocycles. The van der Waals surface area contributed by atoms with Gasteiger partial charge in [-0.3, -0.25) is 0 Å². The molecule has 0 aliphatic carbocycles. The van der Waals surface area contributed by atoms with Crippen molar-refractivity contribution >= 4 is 6.09 Å². The molecule has 3 rings (SSSR count). The molecule has 0 spiro atoms. The molecule has 5 heteroatoms. The Morgan fingerprint density at radius 2 is 1.79 bits per heavy atom. The van der Waals surface area contributed by atoms with Gasteiger partial charge in [0.2, 0.25) is 0 Å². The molecule has 0 radical (unpaired) electrons. The number of ether oxygens (including phenoxy) is 3. The zero-order valence-electron chi connectivity index (χ0n) is 16.9. The molecule has 0 saturated carbocycles. The SMILES string of the molecule is CC(C)(C)OC(=O)N1CCO[C@H](Cc2ccc(OCc3ccccc3)cc2)C1. The Balaban J connectivity index is 1.50. The Morgan fingerprint density at radius 1 is 1.07 bits per heavy atom. The molecule has 1 atom stereocenters. The summed E-state index contributed by atoms with van der Waals surface area (Å²) in [5, 5.41) is 0. The minimum atomic E-state index is -0.486. The highest BCUT2D eigenvalue weighted by Crippen LogP contribution is 2.18. The minimum absolute atomic E-state index is 0.0302. The van der Waals surface area contributed by atoms with Crippen molar-refractivity contribution in [1.82, 2.24) is 4.90 Å². The first-order chi connectivity index (χ1) is 13.4. The Morgan fingerprint density at radius 3 is 2.46 bits per heavy atom. The second kappa shape index (κ2) is 9.11. The lowest BCUT2D eigenvalue weighted by Crippen LogP contribution is -2.48. The van der Waals surface area contributed by atoms with Crippen LogP contribution in [0.25, 0.3) is 0 Å². The number of rotatable bonds is 5. The first-order valence-corrected chi connectivity index (χ1v) is 9.74. The lowest BCUT2D eigenvalue weighted by molar-refractivity contribution is -0.0415. The number of amides is 1. The van der Waals surface area contributed by atoms with Crippen molar-refractivity contribution in [3.05, 3.63) is 65.7 Å². The van der Waals surface area contributed by atoms with E-state index in [0.29, 0.717) is 26.3 Å². The number of carbonyl (C=O) groups is 1.